The Bertz CT molecular complexity index is 1450. The molecule has 1 N–H and O–H groups in total. The fraction of sp³-hybridized carbons (Fsp3) is 0.276. The number of benzene rings is 3. The fourth-order valence-corrected chi connectivity index (χ4v) is 4.84. The van der Waals surface area contributed by atoms with Crippen LogP contribution in [0, 0.1) is 0 Å². The predicted octanol–water partition coefficient (Wildman–Crippen LogP) is 4.36. The predicted molar refractivity (Wildman–Crippen MR) is 145 cm³/mol. The molecule has 3 aromatic carbocycles. The van der Waals surface area contributed by atoms with Gasteiger partial charge in [-0.1, -0.05) is 54.6 Å². The van der Waals surface area contributed by atoms with Crippen molar-refractivity contribution >= 4 is 22.6 Å². The van der Waals surface area contributed by atoms with E-state index in [0.717, 1.165) is 11.4 Å². The van der Waals surface area contributed by atoms with Crippen LogP contribution in [0.4, 0.5) is 10.5 Å². The third kappa shape index (κ3) is 5.20. The molecule has 0 spiro atoms. The number of aromatic nitrogens is 2. The number of carbonyl (C=O) groups excluding carboxylic acids is 1. The lowest BCUT2D eigenvalue weighted by Crippen LogP contribution is -2.51. The first-order valence-corrected chi connectivity index (χ1v) is 12.5. The lowest BCUT2D eigenvalue weighted by molar-refractivity contribution is 0.114. The molecule has 0 saturated carbocycles. The normalized spacial score (nSPS) is 14.9. The zero-order valence-corrected chi connectivity index (χ0v) is 21.1. The molecule has 1 atom stereocenters. The average molecular weight is 498 g/mol. The zero-order valence-electron chi connectivity index (χ0n) is 21.1. The van der Waals surface area contributed by atoms with Gasteiger partial charge in [0.2, 0.25) is 0 Å². The summed E-state index contributed by atoms with van der Waals surface area (Å²) in [6, 6.07) is 24.6. The maximum absolute atomic E-state index is 13.5. The summed E-state index contributed by atoms with van der Waals surface area (Å²) >= 11 is 0. The van der Waals surface area contributed by atoms with Gasteiger partial charge in [-0.05, 0) is 36.8 Å². The maximum atomic E-state index is 13.5. The number of carbonyl (C=O) groups is 1. The van der Waals surface area contributed by atoms with Crippen LogP contribution in [0.2, 0.25) is 0 Å². The van der Waals surface area contributed by atoms with Crippen LogP contribution in [0.3, 0.4) is 0 Å². The van der Waals surface area contributed by atoms with Crippen molar-refractivity contribution in [1.29, 1.82) is 0 Å². The Balaban J connectivity index is 1.35. The Hall–Kier alpha value is -4.17. The second kappa shape index (κ2) is 10.8. The molecule has 1 unspecified atom stereocenters. The molecule has 1 fully saturated rings. The molecule has 8 nitrogen and oxygen atoms in total. The number of hydrogen-bond acceptors (Lipinski definition) is 5. The average Bonchev–Trinajstić information content (AvgIpc) is 2.95. The van der Waals surface area contributed by atoms with Crippen LogP contribution < -0.4 is 15.6 Å². The van der Waals surface area contributed by atoms with Crippen molar-refractivity contribution in [1.82, 2.24) is 19.4 Å². The highest BCUT2D eigenvalue weighted by atomic mass is 16.5. The van der Waals surface area contributed by atoms with Crippen molar-refractivity contribution in [2.24, 2.45) is 0 Å². The first-order valence-electron chi connectivity index (χ1n) is 12.5. The molecule has 37 heavy (non-hydrogen) atoms. The van der Waals surface area contributed by atoms with Gasteiger partial charge in [-0.2, -0.15) is 0 Å². The van der Waals surface area contributed by atoms with Crippen molar-refractivity contribution in [3.8, 4) is 5.75 Å². The Morgan fingerprint density at radius 2 is 1.62 bits per heavy atom. The number of methoxy groups -OCH3 is 1. The number of piperazine rings is 1. The molecule has 0 radical (unpaired) electrons. The number of anilines is 1. The molecular formula is C29H31N5O3. The van der Waals surface area contributed by atoms with E-state index < -0.39 is 0 Å². The smallest absolute Gasteiger partial charge is 0.322 e. The molecule has 4 aromatic rings. The maximum Gasteiger partial charge on any atom is 0.322 e. The van der Waals surface area contributed by atoms with Crippen LogP contribution in [0.1, 0.15) is 24.4 Å². The minimum absolute atomic E-state index is 0.0360. The summed E-state index contributed by atoms with van der Waals surface area (Å²) < 4.78 is 7.14. The summed E-state index contributed by atoms with van der Waals surface area (Å²) in [5, 5.41) is 3.57. The number of nitrogens with zero attached hydrogens (tertiary/aromatic N) is 4. The van der Waals surface area contributed by atoms with Gasteiger partial charge in [0.15, 0.2) is 0 Å². The molecule has 1 aliphatic heterocycles. The summed E-state index contributed by atoms with van der Waals surface area (Å²) in [6.45, 7) is 5.04. The molecule has 5 rings (SSSR count). The Morgan fingerprint density at radius 1 is 0.946 bits per heavy atom. The van der Waals surface area contributed by atoms with Gasteiger partial charge in [-0.25, -0.2) is 9.78 Å². The summed E-state index contributed by atoms with van der Waals surface area (Å²) in [5.41, 5.74) is 2.36. The molecule has 2 heterocycles. The minimum Gasteiger partial charge on any atom is -0.495 e. The second-order valence-electron chi connectivity index (χ2n) is 9.19. The van der Waals surface area contributed by atoms with E-state index in [1.165, 1.54) is 0 Å². The molecule has 190 valence electrons. The summed E-state index contributed by atoms with van der Waals surface area (Å²) in [6.07, 6.45) is 0. The quantitative estimate of drug-likeness (QED) is 0.428. The van der Waals surface area contributed by atoms with Crippen LogP contribution >= 0.6 is 0 Å². The zero-order chi connectivity index (χ0) is 25.8. The first kappa shape index (κ1) is 24.5. The number of nitrogens with one attached hydrogen (secondary N) is 1. The van der Waals surface area contributed by atoms with Crippen LogP contribution in [0.15, 0.2) is 83.7 Å². The van der Waals surface area contributed by atoms with Crippen LogP contribution in [0.25, 0.3) is 10.9 Å². The molecule has 1 aliphatic rings. The second-order valence-corrected chi connectivity index (χ2v) is 9.19. The van der Waals surface area contributed by atoms with E-state index in [4.69, 9.17) is 9.72 Å². The molecule has 0 aliphatic carbocycles. The van der Waals surface area contributed by atoms with E-state index in [-0.39, 0.29) is 17.6 Å². The number of fused-ring (bicyclic) bond motifs is 1. The number of hydrogen-bond donors (Lipinski definition) is 1. The number of para-hydroxylation sites is 3. The number of ether oxygens (including phenoxy) is 1. The fourth-order valence-electron chi connectivity index (χ4n) is 4.84. The van der Waals surface area contributed by atoms with Crippen LogP contribution in [-0.2, 0) is 6.54 Å². The minimum atomic E-state index is -0.151. The summed E-state index contributed by atoms with van der Waals surface area (Å²) in [7, 11) is 1.59. The van der Waals surface area contributed by atoms with Gasteiger partial charge in [0, 0.05) is 26.2 Å². The van der Waals surface area contributed by atoms with Gasteiger partial charge >= 0.3 is 6.03 Å². The summed E-state index contributed by atoms with van der Waals surface area (Å²) in [5.74, 6) is 1.36. The highest BCUT2D eigenvalue weighted by Crippen LogP contribution is 2.25. The lowest BCUT2D eigenvalue weighted by atomic mass is 10.1. The lowest BCUT2D eigenvalue weighted by Gasteiger charge is -2.38. The number of amides is 2. The molecule has 8 heteroatoms. The SMILES string of the molecule is COc1ccccc1NC(=O)N1CCN(C(C)c2nc3ccccc3c(=O)n2Cc2ccccc2)CC1. The van der Waals surface area contributed by atoms with Crippen LogP contribution in [-0.4, -0.2) is 58.7 Å². The third-order valence-electron chi connectivity index (χ3n) is 6.95. The first-order chi connectivity index (χ1) is 18.0. The van der Waals surface area contributed by atoms with Crippen molar-refractivity contribution in [3.63, 3.8) is 0 Å². The van der Waals surface area contributed by atoms with Crippen molar-refractivity contribution in [2.75, 3.05) is 38.6 Å². The number of rotatable bonds is 6. The monoisotopic (exact) mass is 497 g/mol. The molecular weight excluding hydrogens is 466 g/mol. The number of urea groups is 1. The van der Waals surface area contributed by atoms with E-state index in [1.807, 2.05) is 78.9 Å². The van der Waals surface area contributed by atoms with Gasteiger partial charge in [-0.3, -0.25) is 14.3 Å². The van der Waals surface area contributed by atoms with Gasteiger partial charge in [-0.15, -0.1) is 0 Å². The summed E-state index contributed by atoms with van der Waals surface area (Å²) in [4.78, 5) is 35.5. The van der Waals surface area contributed by atoms with E-state index in [0.29, 0.717) is 55.1 Å². The Kier molecular flexibility index (Phi) is 7.18. The van der Waals surface area contributed by atoms with E-state index in [2.05, 4.69) is 17.1 Å². The van der Waals surface area contributed by atoms with Crippen molar-refractivity contribution in [3.05, 3.63) is 101 Å². The largest absolute Gasteiger partial charge is 0.495 e. The Morgan fingerprint density at radius 3 is 2.38 bits per heavy atom. The van der Waals surface area contributed by atoms with Crippen molar-refractivity contribution < 1.29 is 9.53 Å². The van der Waals surface area contributed by atoms with Gasteiger partial charge in [0.1, 0.15) is 11.6 Å². The van der Waals surface area contributed by atoms with E-state index in [1.54, 1.807) is 16.6 Å². The standard InChI is InChI=1S/C29H31N5O3/c1-21(32-16-18-33(19-17-32)29(36)31-25-14-8-9-15-26(25)37-2)27-30-24-13-7-6-12-23(24)28(35)34(27)20-22-10-4-3-5-11-22/h3-15,21H,16-20H2,1-2H3,(H,31,36). The van der Waals surface area contributed by atoms with E-state index in [9.17, 15) is 9.59 Å². The van der Waals surface area contributed by atoms with Gasteiger partial charge in [0.05, 0.1) is 36.3 Å². The molecule has 2 amide bonds. The van der Waals surface area contributed by atoms with Gasteiger partial charge < -0.3 is 15.0 Å². The Labute approximate surface area is 216 Å². The molecule has 1 saturated heterocycles. The molecule has 1 aromatic heterocycles. The van der Waals surface area contributed by atoms with Crippen LogP contribution in [0.5, 0.6) is 5.75 Å². The van der Waals surface area contributed by atoms with Gasteiger partial charge in [0.25, 0.3) is 5.56 Å². The topological polar surface area (TPSA) is 79.7 Å². The van der Waals surface area contributed by atoms with Crippen molar-refractivity contribution in [2.45, 2.75) is 19.5 Å². The highest BCUT2D eigenvalue weighted by molar-refractivity contribution is 5.91. The molecule has 0 bridgehead atoms. The highest BCUT2D eigenvalue weighted by Gasteiger charge is 2.28. The van der Waals surface area contributed by atoms with E-state index >= 15 is 0 Å². The third-order valence-corrected chi connectivity index (χ3v) is 6.95.